The predicted molar refractivity (Wildman–Crippen MR) is 81.2 cm³/mol. The smallest absolute Gasteiger partial charge is 0.390 e. The van der Waals surface area contributed by atoms with Crippen LogP contribution in [0.2, 0.25) is 0 Å². The second-order valence-electron chi connectivity index (χ2n) is 6.95. The van der Waals surface area contributed by atoms with Crippen molar-refractivity contribution in [3.05, 3.63) is 35.1 Å². The van der Waals surface area contributed by atoms with E-state index in [0.29, 0.717) is 38.4 Å². The molecule has 1 aromatic rings. The first-order valence-corrected chi connectivity index (χ1v) is 8.26. The molecule has 0 bridgehead atoms. The molecule has 0 amide bonds. The SMILES string of the molecule is O[C@@H]1CC2(CCN(Cc3cc(F)cc(C(F)(F)F)c3)CC2)OC[C@@H]1O. The first-order chi connectivity index (χ1) is 11.7. The van der Waals surface area contributed by atoms with E-state index in [9.17, 15) is 27.8 Å². The lowest BCUT2D eigenvalue weighted by Gasteiger charge is -2.46. The number of likely N-dealkylation sites (tertiary alicyclic amines) is 1. The summed E-state index contributed by atoms with van der Waals surface area (Å²) in [5.41, 5.74) is -1.19. The Bertz CT molecular complexity index is 614. The van der Waals surface area contributed by atoms with Gasteiger partial charge in [-0.2, -0.15) is 13.2 Å². The van der Waals surface area contributed by atoms with Gasteiger partial charge in [-0.1, -0.05) is 0 Å². The summed E-state index contributed by atoms with van der Waals surface area (Å²) in [5.74, 6) is -0.897. The van der Waals surface area contributed by atoms with Crippen LogP contribution in [0.3, 0.4) is 0 Å². The van der Waals surface area contributed by atoms with Crippen molar-refractivity contribution < 1.29 is 32.5 Å². The van der Waals surface area contributed by atoms with Gasteiger partial charge < -0.3 is 14.9 Å². The molecule has 1 spiro atoms. The van der Waals surface area contributed by atoms with Gasteiger partial charge in [-0.3, -0.25) is 4.90 Å². The van der Waals surface area contributed by atoms with Gasteiger partial charge >= 0.3 is 6.18 Å². The summed E-state index contributed by atoms with van der Waals surface area (Å²) >= 11 is 0. The van der Waals surface area contributed by atoms with E-state index in [-0.39, 0.29) is 18.7 Å². The first kappa shape index (κ1) is 18.6. The van der Waals surface area contributed by atoms with Crippen LogP contribution in [0.15, 0.2) is 18.2 Å². The molecule has 2 heterocycles. The molecule has 4 nitrogen and oxygen atoms in total. The number of aliphatic hydroxyl groups excluding tert-OH is 2. The van der Waals surface area contributed by atoms with Crippen molar-refractivity contribution in [2.75, 3.05) is 19.7 Å². The van der Waals surface area contributed by atoms with E-state index in [4.69, 9.17) is 4.74 Å². The maximum Gasteiger partial charge on any atom is 0.416 e. The molecule has 140 valence electrons. The van der Waals surface area contributed by atoms with E-state index in [1.165, 1.54) is 0 Å². The third-order valence-electron chi connectivity index (χ3n) is 5.04. The highest BCUT2D eigenvalue weighted by Gasteiger charge is 2.43. The minimum atomic E-state index is -4.57. The van der Waals surface area contributed by atoms with Crippen molar-refractivity contribution in [1.29, 1.82) is 0 Å². The van der Waals surface area contributed by atoms with Crippen LogP contribution in [0.1, 0.15) is 30.4 Å². The quantitative estimate of drug-likeness (QED) is 0.792. The zero-order valence-electron chi connectivity index (χ0n) is 13.6. The molecule has 3 rings (SSSR count). The van der Waals surface area contributed by atoms with E-state index in [2.05, 4.69) is 0 Å². The third-order valence-corrected chi connectivity index (χ3v) is 5.04. The molecule has 0 saturated carbocycles. The molecule has 0 aliphatic carbocycles. The summed E-state index contributed by atoms with van der Waals surface area (Å²) in [5, 5.41) is 19.4. The fourth-order valence-corrected chi connectivity index (χ4v) is 3.58. The van der Waals surface area contributed by atoms with Gasteiger partial charge in [0.25, 0.3) is 0 Å². The zero-order valence-corrected chi connectivity index (χ0v) is 13.6. The molecular weight excluding hydrogens is 342 g/mol. The van der Waals surface area contributed by atoms with Crippen LogP contribution >= 0.6 is 0 Å². The Hall–Kier alpha value is -1.22. The number of hydrogen-bond donors (Lipinski definition) is 2. The van der Waals surface area contributed by atoms with Gasteiger partial charge in [0.1, 0.15) is 11.9 Å². The van der Waals surface area contributed by atoms with Gasteiger partial charge in [-0.25, -0.2) is 4.39 Å². The number of hydrogen-bond acceptors (Lipinski definition) is 4. The average Bonchev–Trinajstić information content (AvgIpc) is 2.52. The van der Waals surface area contributed by atoms with E-state index < -0.39 is 35.4 Å². The van der Waals surface area contributed by atoms with Crippen molar-refractivity contribution in [3.63, 3.8) is 0 Å². The fourth-order valence-electron chi connectivity index (χ4n) is 3.58. The topological polar surface area (TPSA) is 52.9 Å². The molecular formula is C17H21F4NO3. The van der Waals surface area contributed by atoms with E-state index >= 15 is 0 Å². The first-order valence-electron chi connectivity index (χ1n) is 8.26. The standard InChI is InChI=1S/C17H21F4NO3/c18-13-6-11(5-12(7-13)17(19,20)21)9-22-3-1-16(2-4-22)8-14(23)15(24)10-25-16/h5-7,14-15,23-24H,1-4,8-10H2/t14-,15+/m1/s1. The Balaban J connectivity index is 1.62. The Kier molecular flexibility index (Phi) is 5.07. The fraction of sp³-hybridized carbons (Fsp3) is 0.647. The highest BCUT2D eigenvalue weighted by molar-refractivity contribution is 5.27. The molecule has 2 saturated heterocycles. The molecule has 25 heavy (non-hydrogen) atoms. The molecule has 2 N–H and O–H groups in total. The Morgan fingerprint density at radius 2 is 1.80 bits per heavy atom. The Morgan fingerprint density at radius 3 is 2.40 bits per heavy atom. The molecule has 0 radical (unpaired) electrons. The van der Waals surface area contributed by atoms with Gasteiger partial charge in [0.15, 0.2) is 0 Å². The molecule has 2 fully saturated rings. The summed E-state index contributed by atoms with van der Waals surface area (Å²) in [4.78, 5) is 1.95. The summed E-state index contributed by atoms with van der Waals surface area (Å²) in [6.45, 7) is 1.45. The molecule has 8 heteroatoms. The zero-order chi connectivity index (χ0) is 18.2. The molecule has 2 atom stereocenters. The normalized spacial score (nSPS) is 27.6. The number of halogens is 4. The van der Waals surface area contributed by atoms with Gasteiger partial charge in [0, 0.05) is 26.1 Å². The summed E-state index contributed by atoms with van der Waals surface area (Å²) in [7, 11) is 0. The number of aliphatic hydroxyl groups is 2. The minimum absolute atomic E-state index is 0.0833. The number of rotatable bonds is 2. The van der Waals surface area contributed by atoms with Crippen LogP contribution < -0.4 is 0 Å². The molecule has 2 aliphatic rings. The van der Waals surface area contributed by atoms with Crippen LogP contribution in [0, 0.1) is 5.82 Å². The average molecular weight is 363 g/mol. The highest BCUT2D eigenvalue weighted by atomic mass is 19.4. The number of alkyl halides is 3. The number of benzene rings is 1. The molecule has 1 aromatic carbocycles. The van der Waals surface area contributed by atoms with Gasteiger partial charge in [-0.05, 0) is 36.6 Å². The van der Waals surface area contributed by atoms with E-state index in [0.717, 1.165) is 12.1 Å². The third kappa shape index (κ3) is 4.31. The monoisotopic (exact) mass is 363 g/mol. The summed E-state index contributed by atoms with van der Waals surface area (Å²) in [6.07, 6.45) is -4.71. The van der Waals surface area contributed by atoms with Crippen LogP contribution in [0.4, 0.5) is 17.6 Å². The number of nitrogens with zero attached hydrogens (tertiary/aromatic N) is 1. The van der Waals surface area contributed by atoms with Crippen molar-refractivity contribution >= 4 is 0 Å². The van der Waals surface area contributed by atoms with Crippen LogP contribution in [0.25, 0.3) is 0 Å². The molecule has 2 aliphatic heterocycles. The maximum absolute atomic E-state index is 13.5. The second-order valence-corrected chi connectivity index (χ2v) is 6.95. The number of piperidine rings is 1. The van der Waals surface area contributed by atoms with E-state index in [1.54, 1.807) is 0 Å². The number of ether oxygens (including phenoxy) is 1. The summed E-state index contributed by atoms with van der Waals surface area (Å²) in [6, 6.07) is 2.60. The minimum Gasteiger partial charge on any atom is -0.390 e. The lowest BCUT2D eigenvalue weighted by atomic mass is 9.82. The van der Waals surface area contributed by atoms with Crippen molar-refractivity contribution in [1.82, 2.24) is 4.90 Å². The largest absolute Gasteiger partial charge is 0.416 e. The Morgan fingerprint density at radius 1 is 1.12 bits per heavy atom. The lowest BCUT2D eigenvalue weighted by molar-refractivity contribution is -0.188. The van der Waals surface area contributed by atoms with Gasteiger partial charge in [0.05, 0.1) is 23.9 Å². The van der Waals surface area contributed by atoms with Gasteiger partial charge in [-0.15, -0.1) is 0 Å². The van der Waals surface area contributed by atoms with Crippen LogP contribution in [0.5, 0.6) is 0 Å². The van der Waals surface area contributed by atoms with Gasteiger partial charge in [0.2, 0.25) is 0 Å². The van der Waals surface area contributed by atoms with Crippen LogP contribution in [-0.2, 0) is 17.5 Å². The predicted octanol–water partition coefficient (Wildman–Crippen LogP) is 2.32. The molecule has 0 unspecified atom stereocenters. The van der Waals surface area contributed by atoms with Crippen molar-refractivity contribution in [2.24, 2.45) is 0 Å². The second kappa shape index (κ2) is 6.83. The Labute approximate surface area is 143 Å². The molecule has 0 aromatic heterocycles. The highest BCUT2D eigenvalue weighted by Crippen LogP contribution is 2.36. The lowest BCUT2D eigenvalue weighted by Crippen LogP contribution is -2.54. The maximum atomic E-state index is 13.5. The van der Waals surface area contributed by atoms with Crippen molar-refractivity contribution in [2.45, 2.75) is 49.8 Å². The summed E-state index contributed by atoms with van der Waals surface area (Å²) < 4.78 is 57.6. The van der Waals surface area contributed by atoms with E-state index in [1.807, 2.05) is 4.90 Å². The van der Waals surface area contributed by atoms with Crippen LogP contribution in [-0.4, -0.2) is 52.6 Å². The van der Waals surface area contributed by atoms with Crippen molar-refractivity contribution in [3.8, 4) is 0 Å².